The Morgan fingerprint density at radius 2 is 1.84 bits per heavy atom. The summed E-state index contributed by atoms with van der Waals surface area (Å²) >= 11 is 0. The Bertz CT molecular complexity index is 611. The average Bonchev–Trinajstić information content (AvgIpc) is 2.45. The molecule has 0 aliphatic rings. The summed E-state index contributed by atoms with van der Waals surface area (Å²) in [6.07, 6.45) is 3.10. The number of rotatable bonds is 4. The highest BCUT2D eigenvalue weighted by Gasteiger charge is 2.00. The van der Waals surface area contributed by atoms with Crippen LogP contribution < -0.4 is 4.74 Å². The highest BCUT2D eigenvalue weighted by atomic mass is 19.1. The van der Waals surface area contributed by atoms with Crippen LogP contribution in [0, 0.1) is 17.1 Å². The van der Waals surface area contributed by atoms with Crippen LogP contribution >= 0.6 is 0 Å². The summed E-state index contributed by atoms with van der Waals surface area (Å²) in [5.74, 6) is 0.430. The summed E-state index contributed by atoms with van der Waals surface area (Å²) in [5, 5.41) is 8.54. The van der Waals surface area contributed by atoms with Crippen molar-refractivity contribution in [1.82, 2.24) is 0 Å². The molecular formula is C16H12FNO. The zero-order valence-corrected chi connectivity index (χ0v) is 10.2. The molecule has 0 aliphatic carbocycles. The van der Waals surface area contributed by atoms with Gasteiger partial charge in [-0.2, -0.15) is 5.26 Å². The van der Waals surface area contributed by atoms with Crippen LogP contribution in [0.25, 0.3) is 6.08 Å². The molecule has 0 aliphatic heterocycles. The van der Waals surface area contributed by atoms with Gasteiger partial charge in [-0.25, -0.2) is 4.39 Å². The third kappa shape index (κ3) is 3.68. The number of hydrogen-bond donors (Lipinski definition) is 0. The summed E-state index contributed by atoms with van der Waals surface area (Å²) in [7, 11) is 0. The van der Waals surface area contributed by atoms with Crippen LogP contribution in [-0.2, 0) is 6.61 Å². The standard InChI is InChI=1S/C16H12FNO/c17-15-9-7-13(8-10-15)12-19-16-6-2-1-4-14(16)5-3-11-18/h1-10H,12H2. The topological polar surface area (TPSA) is 33.0 Å². The average molecular weight is 253 g/mol. The van der Waals surface area contributed by atoms with Crippen LogP contribution in [0.1, 0.15) is 11.1 Å². The van der Waals surface area contributed by atoms with Gasteiger partial charge in [-0.3, -0.25) is 0 Å². The zero-order chi connectivity index (χ0) is 13.5. The molecule has 0 saturated carbocycles. The van der Waals surface area contributed by atoms with E-state index >= 15 is 0 Å². The number of nitrogens with zero attached hydrogens (tertiary/aromatic N) is 1. The monoisotopic (exact) mass is 253 g/mol. The Kier molecular flexibility index (Phi) is 4.30. The Hall–Kier alpha value is -2.60. The summed E-state index contributed by atoms with van der Waals surface area (Å²) < 4.78 is 18.4. The minimum Gasteiger partial charge on any atom is -0.488 e. The molecule has 0 bridgehead atoms. The Balaban J connectivity index is 2.09. The van der Waals surface area contributed by atoms with Crippen LogP contribution in [0.15, 0.2) is 54.6 Å². The van der Waals surface area contributed by atoms with Gasteiger partial charge < -0.3 is 4.74 Å². The fourth-order valence-corrected chi connectivity index (χ4v) is 1.62. The highest BCUT2D eigenvalue weighted by Crippen LogP contribution is 2.20. The fourth-order valence-electron chi connectivity index (χ4n) is 1.62. The molecule has 0 saturated heterocycles. The summed E-state index contributed by atoms with van der Waals surface area (Å²) in [6, 6.07) is 15.6. The second-order valence-electron chi connectivity index (χ2n) is 3.92. The lowest BCUT2D eigenvalue weighted by atomic mass is 10.2. The van der Waals surface area contributed by atoms with E-state index in [2.05, 4.69) is 0 Å². The van der Waals surface area contributed by atoms with Crippen molar-refractivity contribution in [1.29, 1.82) is 5.26 Å². The smallest absolute Gasteiger partial charge is 0.127 e. The second-order valence-corrected chi connectivity index (χ2v) is 3.92. The largest absolute Gasteiger partial charge is 0.488 e. The predicted octanol–water partition coefficient (Wildman–Crippen LogP) is 3.94. The second kappa shape index (κ2) is 6.36. The van der Waals surface area contributed by atoms with E-state index in [1.54, 1.807) is 18.2 Å². The molecule has 0 atom stereocenters. The molecule has 2 aromatic rings. The van der Waals surface area contributed by atoms with Gasteiger partial charge in [0.2, 0.25) is 0 Å². The molecule has 19 heavy (non-hydrogen) atoms. The fraction of sp³-hybridized carbons (Fsp3) is 0.0625. The van der Waals surface area contributed by atoms with Crippen LogP contribution in [0.2, 0.25) is 0 Å². The molecule has 0 unspecified atom stereocenters. The van der Waals surface area contributed by atoms with Crippen molar-refractivity contribution in [2.75, 3.05) is 0 Å². The normalized spacial score (nSPS) is 10.3. The number of benzene rings is 2. The first-order valence-electron chi connectivity index (χ1n) is 5.82. The number of halogens is 1. The van der Waals surface area contributed by atoms with Gasteiger partial charge in [-0.1, -0.05) is 30.3 Å². The first-order chi connectivity index (χ1) is 9.29. The maximum Gasteiger partial charge on any atom is 0.127 e. The number of hydrogen-bond acceptors (Lipinski definition) is 2. The molecule has 0 fully saturated rings. The Morgan fingerprint density at radius 3 is 2.58 bits per heavy atom. The van der Waals surface area contributed by atoms with Crippen LogP contribution in [0.4, 0.5) is 4.39 Å². The van der Waals surface area contributed by atoms with Crippen molar-refractivity contribution < 1.29 is 9.13 Å². The minimum absolute atomic E-state index is 0.263. The van der Waals surface area contributed by atoms with Gasteiger partial charge in [0.25, 0.3) is 0 Å². The van der Waals surface area contributed by atoms with E-state index in [1.165, 1.54) is 18.2 Å². The Morgan fingerprint density at radius 1 is 1.11 bits per heavy atom. The first-order valence-corrected chi connectivity index (χ1v) is 5.82. The third-order valence-electron chi connectivity index (χ3n) is 2.56. The van der Waals surface area contributed by atoms with E-state index in [1.807, 2.05) is 30.3 Å². The van der Waals surface area contributed by atoms with E-state index in [4.69, 9.17) is 10.00 Å². The van der Waals surface area contributed by atoms with Crippen molar-refractivity contribution in [3.8, 4) is 11.8 Å². The number of allylic oxidation sites excluding steroid dienone is 1. The van der Waals surface area contributed by atoms with Gasteiger partial charge in [0.1, 0.15) is 18.2 Å². The molecule has 3 heteroatoms. The van der Waals surface area contributed by atoms with Gasteiger partial charge >= 0.3 is 0 Å². The van der Waals surface area contributed by atoms with Gasteiger partial charge in [-0.05, 0) is 29.8 Å². The van der Waals surface area contributed by atoms with E-state index in [0.29, 0.717) is 12.4 Å². The van der Waals surface area contributed by atoms with Gasteiger partial charge in [0.05, 0.1) is 6.07 Å². The van der Waals surface area contributed by atoms with E-state index in [0.717, 1.165) is 11.1 Å². The lowest BCUT2D eigenvalue weighted by Gasteiger charge is -2.09. The molecule has 0 amide bonds. The number of nitriles is 1. The van der Waals surface area contributed by atoms with E-state index < -0.39 is 0 Å². The van der Waals surface area contributed by atoms with Crippen molar-refractivity contribution in [2.45, 2.75) is 6.61 Å². The van der Waals surface area contributed by atoms with Crippen molar-refractivity contribution in [2.24, 2.45) is 0 Å². The minimum atomic E-state index is -0.263. The maximum absolute atomic E-state index is 12.8. The van der Waals surface area contributed by atoms with Crippen molar-refractivity contribution >= 4 is 6.08 Å². The molecule has 2 nitrogen and oxygen atoms in total. The van der Waals surface area contributed by atoms with Crippen LogP contribution in [0.5, 0.6) is 5.75 Å². The van der Waals surface area contributed by atoms with E-state index in [-0.39, 0.29) is 5.82 Å². The summed E-state index contributed by atoms with van der Waals surface area (Å²) in [5.41, 5.74) is 1.73. The highest BCUT2D eigenvalue weighted by molar-refractivity contribution is 5.58. The number of para-hydroxylation sites is 1. The molecule has 2 aromatic carbocycles. The van der Waals surface area contributed by atoms with Crippen molar-refractivity contribution in [3.63, 3.8) is 0 Å². The zero-order valence-electron chi connectivity index (χ0n) is 10.2. The lowest BCUT2D eigenvalue weighted by Crippen LogP contribution is -1.96. The SMILES string of the molecule is N#CC=Cc1ccccc1OCc1ccc(F)cc1. The quantitative estimate of drug-likeness (QED) is 0.773. The van der Waals surface area contributed by atoms with Gasteiger partial charge in [0, 0.05) is 11.6 Å². The van der Waals surface area contributed by atoms with Crippen LogP contribution in [-0.4, -0.2) is 0 Å². The first kappa shape index (κ1) is 12.8. The predicted molar refractivity (Wildman–Crippen MR) is 71.8 cm³/mol. The number of ether oxygens (including phenoxy) is 1. The summed E-state index contributed by atoms with van der Waals surface area (Å²) in [6.45, 7) is 0.359. The molecule has 2 rings (SSSR count). The maximum atomic E-state index is 12.8. The van der Waals surface area contributed by atoms with Crippen molar-refractivity contribution in [3.05, 3.63) is 71.6 Å². The third-order valence-corrected chi connectivity index (χ3v) is 2.56. The molecule has 0 heterocycles. The molecule has 0 spiro atoms. The Labute approximate surface area is 111 Å². The van der Waals surface area contributed by atoms with Crippen LogP contribution in [0.3, 0.4) is 0 Å². The van der Waals surface area contributed by atoms with Gasteiger partial charge in [0.15, 0.2) is 0 Å². The lowest BCUT2D eigenvalue weighted by molar-refractivity contribution is 0.305. The summed E-state index contributed by atoms with van der Waals surface area (Å²) in [4.78, 5) is 0. The molecule has 0 N–H and O–H groups in total. The molecule has 0 radical (unpaired) electrons. The molecule has 0 aromatic heterocycles. The van der Waals surface area contributed by atoms with E-state index in [9.17, 15) is 4.39 Å². The van der Waals surface area contributed by atoms with Gasteiger partial charge in [-0.15, -0.1) is 0 Å². The molecule has 94 valence electrons. The molecular weight excluding hydrogens is 241 g/mol.